The van der Waals surface area contributed by atoms with Gasteiger partial charge in [-0.05, 0) is 36.1 Å². The third-order valence-corrected chi connectivity index (χ3v) is 5.04. The van der Waals surface area contributed by atoms with E-state index in [1.54, 1.807) is 7.05 Å². The normalized spacial score (nSPS) is 13.4. The zero-order valence-electron chi connectivity index (χ0n) is 15.5. The third-order valence-electron chi connectivity index (χ3n) is 4.68. The van der Waals surface area contributed by atoms with Crippen molar-refractivity contribution in [3.63, 3.8) is 0 Å². The summed E-state index contributed by atoms with van der Waals surface area (Å²) in [5.41, 5.74) is 3.34. The predicted molar refractivity (Wildman–Crippen MR) is 111 cm³/mol. The molecule has 0 aromatic heterocycles. The highest BCUT2D eigenvalue weighted by atomic mass is 35.5. The van der Waals surface area contributed by atoms with Gasteiger partial charge in [-0.3, -0.25) is 9.79 Å². The number of hydrogen-bond donors (Lipinski definition) is 2. The highest BCUT2D eigenvalue weighted by molar-refractivity contribution is 6.31. The molecule has 0 radical (unpaired) electrons. The number of para-hydroxylation sites is 1. The van der Waals surface area contributed by atoms with E-state index >= 15 is 0 Å². The number of carbonyl (C=O) groups is 1. The van der Waals surface area contributed by atoms with E-state index in [9.17, 15) is 4.79 Å². The van der Waals surface area contributed by atoms with Gasteiger partial charge >= 0.3 is 0 Å². The molecule has 142 valence electrons. The first-order valence-corrected chi connectivity index (χ1v) is 9.63. The fraction of sp³-hybridized carbons (Fsp3) is 0.333. The van der Waals surface area contributed by atoms with Crippen molar-refractivity contribution in [1.82, 2.24) is 10.6 Å². The van der Waals surface area contributed by atoms with Crippen LogP contribution in [0.5, 0.6) is 0 Å². The Hall–Kier alpha value is -2.53. The Labute approximate surface area is 165 Å². The average molecular weight is 385 g/mol. The summed E-state index contributed by atoms with van der Waals surface area (Å²) in [5.74, 6) is 0.884. The number of nitrogens with one attached hydrogen (secondary N) is 2. The van der Waals surface area contributed by atoms with Gasteiger partial charge in [0, 0.05) is 43.8 Å². The van der Waals surface area contributed by atoms with E-state index in [2.05, 4.69) is 21.7 Å². The van der Waals surface area contributed by atoms with Crippen LogP contribution in [0, 0.1) is 0 Å². The Kier molecular flexibility index (Phi) is 6.71. The SMILES string of the molecule is CN=C(NCCCC(=O)N1CCc2ccccc21)NCc1ccccc1Cl. The molecule has 5 nitrogen and oxygen atoms in total. The number of nitrogens with zero attached hydrogens (tertiary/aromatic N) is 2. The quantitative estimate of drug-likeness (QED) is 0.456. The van der Waals surface area contributed by atoms with Crippen LogP contribution in [0.3, 0.4) is 0 Å². The predicted octanol–water partition coefficient (Wildman–Crippen LogP) is 3.37. The summed E-state index contributed by atoms with van der Waals surface area (Å²) < 4.78 is 0. The van der Waals surface area contributed by atoms with Crippen LogP contribution < -0.4 is 15.5 Å². The van der Waals surface area contributed by atoms with E-state index in [0.29, 0.717) is 25.5 Å². The molecule has 3 rings (SSSR count). The number of hydrogen-bond acceptors (Lipinski definition) is 2. The molecule has 1 aliphatic rings. The first-order valence-electron chi connectivity index (χ1n) is 9.25. The van der Waals surface area contributed by atoms with E-state index < -0.39 is 0 Å². The maximum Gasteiger partial charge on any atom is 0.227 e. The summed E-state index contributed by atoms with van der Waals surface area (Å²) in [7, 11) is 1.73. The molecule has 0 aliphatic carbocycles. The number of amides is 1. The van der Waals surface area contributed by atoms with Crippen molar-refractivity contribution >= 4 is 29.2 Å². The van der Waals surface area contributed by atoms with Crippen LogP contribution in [0.1, 0.15) is 24.0 Å². The van der Waals surface area contributed by atoms with Crippen molar-refractivity contribution in [3.05, 3.63) is 64.7 Å². The molecular weight excluding hydrogens is 360 g/mol. The summed E-state index contributed by atoms with van der Waals surface area (Å²) in [6.45, 7) is 2.07. The highest BCUT2D eigenvalue weighted by Gasteiger charge is 2.23. The van der Waals surface area contributed by atoms with Crippen LogP contribution in [0.25, 0.3) is 0 Å². The van der Waals surface area contributed by atoms with Crippen molar-refractivity contribution in [3.8, 4) is 0 Å². The van der Waals surface area contributed by atoms with Crippen LogP contribution in [0.15, 0.2) is 53.5 Å². The molecule has 0 fully saturated rings. The number of aliphatic imine (C=N–C) groups is 1. The lowest BCUT2D eigenvalue weighted by molar-refractivity contribution is -0.118. The maximum atomic E-state index is 12.5. The summed E-state index contributed by atoms with van der Waals surface area (Å²) >= 11 is 6.17. The van der Waals surface area contributed by atoms with Crippen molar-refractivity contribution in [2.24, 2.45) is 4.99 Å². The fourth-order valence-corrected chi connectivity index (χ4v) is 3.42. The Morgan fingerprint density at radius 2 is 1.93 bits per heavy atom. The molecule has 6 heteroatoms. The van der Waals surface area contributed by atoms with Crippen LogP contribution in [0.2, 0.25) is 5.02 Å². The van der Waals surface area contributed by atoms with Gasteiger partial charge in [-0.2, -0.15) is 0 Å². The van der Waals surface area contributed by atoms with E-state index in [1.807, 2.05) is 47.4 Å². The maximum absolute atomic E-state index is 12.5. The molecule has 1 aliphatic heterocycles. The zero-order valence-corrected chi connectivity index (χ0v) is 16.3. The van der Waals surface area contributed by atoms with E-state index in [0.717, 1.165) is 35.7 Å². The molecule has 2 aromatic rings. The molecule has 0 saturated carbocycles. The Bertz CT molecular complexity index is 821. The minimum Gasteiger partial charge on any atom is -0.356 e. The molecule has 27 heavy (non-hydrogen) atoms. The Morgan fingerprint density at radius 3 is 2.74 bits per heavy atom. The lowest BCUT2D eigenvalue weighted by Gasteiger charge is -2.17. The van der Waals surface area contributed by atoms with E-state index in [-0.39, 0.29) is 5.91 Å². The summed E-state index contributed by atoms with van der Waals surface area (Å²) in [5, 5.41) is 7.22. The number of guanidine groups is 1. The van der Waals surface area contributed by atoms with Crippen molar-refractivity contribution in [2.75, 3.05) is 25.0 Å². The molecule has 0 atom stereocenters. The van der Waals surface area contributed by atoms with Gasteiger partial charge < -0.3 is 15.5 Å². The zero-order chi connectivity index (χ0) is 19.1. The Morgan fingerprint density at radius 1 is 1.15 bits per heavy atom. The van der Waals surface area contributed by atoms with Crippen molar-refractivity contribution < 1.29 is 4.79 Å². The second-order valence-electron chi connectivity index (χ2n) is 6.47. The second kappa shape index (κ2) is 9.42. The molecule has 1 heterocycles. The molecule has 0 spiro atoms. The van der Waals surface area contributed by atoms with Gasteiger partial charge in [0.25, 0.3) is 0 Å². The van der Waals surface area contributed by atoms with Crippen molar-refractivity contribution in [2.45, 2.75) is 25.8 Å². The molecule has 0 unspecified atom stereocenters. The molecular formula is C21H25ClN4O. The van der Waals surface area contributed by atoms with Gasteiger partial charge in [0.05, 0.1) is 0 Å². The Balaban J connectivity index is 1.40. The lowest BCUT2D eigenvalue weighted by atomic mass is 10.2. The highest BCUT2D eigenvalue weighted by Crippen LogP contribution is 2.27. The minimum absolute atomic E-state index is 0.181. The largest absolute Gasteiger partial charge is 0.356 e. The molecule has 0 saturated heterocycles. The standard InChI is InChI=1S/C21H25ClN4O/c1-23-21(25-15-17-8-2-4-9-18(17)22)24-13-6-11-20(27)26-14-12-16-7-3-5-10-19(16)26/h2-5,7-10H,6,11-15H2,1H3,(H2,23,24,25). The van der Waals surface area contributed by atoms with Crippen LogP contribution >= 0.6 is 11.6 Å². The number of halogens is 1. The average Bonchev–Trinajstić information content (AvgIpc) is 3.12. The molecule has 2 aromatic carbocycles. The fourth-order valence-electron chi connectivity index (χ4n) is 3.22. The van der Waals surface area contributed by atoms with E-state index in [4.69, 9.17) is 11.6 Å². The topological polar surface area (TPSA) is 56.7 Å². The minimum atomic E-state index is 0.181. The lowest BCUT2D eigenvalue weighted by Crippen LogP contribution is -2.38. The van der Waals surface area contributed by atoms with Gasteiger partial charge in [-0.1, -0.05) is 48.0 Å². The van der Waals surface area contributed by atoms with Gasteiger partial charge in [0.15, 0.2) is 5.96 Å². The van der Waals surface area contributed by atoms with Crippen LogP contribution in [-0.2, 0) is 17.8 Å². The number of rotatable bonds is 6. The summed E-state index contributed by atoms with van der Waals surface area (Å²) in [6.07, 6.45) is 2.21. The second-order valence-corrected chi connectivity index (χ2v) is 6.88. The third kappa shape index (κ3) is 5.01. The monoisotopic (exact) mass is 384 g/mol. The van der Waals surface area contributed by atoms with Gasteiger partial charge in [0.1, 0.15) is 0 Å². The van der Waals surface area contributed by atoms with Crippen LogP contribution in [-0.4, -0.2) is 32.0 Å². The number of anilines is 1. The first-order chi connectivity index (χ1) is 13.2. The number of benzene rings is 2. The van der Waals surface area contributed by atoms with Crippen LogP contribution in [0.4, 0.5) is 5.69 Å². The summed E-state index contributed by atoms with van der Waals surface area (Å²) in [4.78, 5) is 18.6. The molecule has 1 amide bonds. The summed E-state index contributed by atoms with van der Waals surface area (Å²) in [6, 6.07) is 15.9. The smallest absolute Gasteiger partial charge is 0.227 e. The first kappa shape index (κ1) is 19.2. The van der Waals surface area contributed by atoms with Gasteiger partial charge in [-0.15, -0.1) is 0 Å². The number of carbonyl (C=O) groups excluding carboxylic acids is 1. The number of fused-ring (bicyclic) bond motifs is 1. The molecule has 2 N–H and O–H groups in total. The van der Waals surface area contributed by atoms with Crippen molar-refractivity contribution in [1.29, 1.82) is 0 Å². The molecule has 0 bridgehead atoms. The van der Waals surface area contributed by atoms with E-state index in [1.165, 1.54) is 5.56 Å². The van der Waals surface area contributed by atoms with Gasteiger partial charge in [0.2, 0.25) is 5.91 Å². The van der Waals surface area contributed by atoms with Gasteiger partial charge in [-0.25, -0.2) is 0 Å².